The number of benzene rings is 2. The molecule has 6 atom stereocenters. The van der Waals surface area contributed by atoms with Crippen molar-refractivity contribution in [3.8, 4) is 0 Å². The zero-order valence-corrected chi connectivity index (χ0v) is 32.2. The van der Waals surface area contributed by atoms with Crippen LogP contribution >= 0.6 is 0 Å². The minimum atomic E-state index is -0.577. The number of urea groups is 1. The molecule has 2 heterocycles. The molecule has 0 radical (unpaired) electrons. The number of ether oxygens (including phenoxy) is 2. The van der Waals surface area contributed by atoms with Gasteiger partial charge < -0.3 is 30.5 Å². The molecule has 0 aromatic heterocycles. The van der Waals surface area contributed by atoms with E-state index in [0.717, 1.165) is 78.5 Å². The van der Waals surface area contributed by atoms with Crippen LogP contribution in [0.4, 0.5) is 4.79 Å². The van der Waals surface area contributed by atoms with E-state index in [4.69, 9.17) is 9.47 Å². The normalized spacial score (nSPS) is 35.4. The summed E-state index contributed by atoms with van der Waals surface area (Å²) in [7, 11) is 0. The number of piperidine rings is 1. The second-order valence-corrected chi connectivity index (χ2v) is 18.7. The van der Waals surface area contributed by atoms with Gasteiger partial charge in [-0.1, -0.05) is 61.4 Å². The van der Waals surface area contributed by atoms with Crippen molar-refractivity contribution in [1.29, 1.82) is 0 Å². The number of nitrogens with one attached hydrogen (secondary N) is 3. The predicted molar refractivity (Wildman–Crippen MR) is 205 cm³/mol. The Kier molecular flexibility index (Phi) is 10.7. The summed E-state index contributed by atoms with van der Waals surface area (Å²) in [5.41, 5.74) is 3.59. The largest absolute Gasteiger partial charge is 0.392 e. The summed E-state index contributed by atoms with van der Waals surface area (Å²) in [6, 6.07) is 16.4. The van der Waals surface area contributed by atoms with Gasteiger partial charge in [0.2, 0.25) is 5.91 Å². The molecule has 6 unspecified atom stereocenters. The topological polar surface area (TPSA) is 112 Å². The molecule has 3 amide bonds. The van der Waals surface area contributed by atoms with Gasteiger partial charge in [0, 0.05) is 42.2 Å². The van der Waals surface area contributed by atoms with E-state index in [2.05, 4.69) is 78.0 Å². The highest BCUT2D eigenvalue weighted by Crippen LogP contribution is 2.55. The number of amides is 3. The lowest BCUT2D eigenvalue weighted by Gasteiger charge is -2.56. The van der Waals surface area contributed by atoms with Crippen LogP contribution in [0.2, 0.25) is 0 Å². The van der Waals surface area contributed by atoms with Crippen molar-refractivity contribution < 1.29 is 24.2 Å². The molecule has 288 valence electrons. The Hall–Kier alpha value is -2.98. The number of nitrogens with zero attached hydrogens (tertiary/aromatic N) is 1. The molecule has 53 heavy (non-hydrogen) atoms. The third-order valence-corrected chi connectivity index (χ3v) is 13.5. The van der Waals surface area contributed by atoms with E-state index in [0.29, 0.717) is 31.5 Å². The van der Waals surface area contributed by atoms with Gasteiger partial charge in [-0.3, -0.25) is 9.69 Å². The van der Waals surface area contributed by atoms with Crippen molar-refractivity contribution in [2.75, 3.05) is 6.54 Å². The second-order valence-electron chi connectivity index (χ2n) is 18.7. The number of hydrogen-bond donors (Lipinski definition) is 4. The standard InChI is InChI=1S/C44H62N4O5/c1-43(2,3)46-40(50)38-17-16-33-6-4-5-7-37(33)48(38)26-36-21-39(34-12-10-29(27-49)11-13-34)53-41(52-36)35-14-8-28(9-15-35)25-45-42(51)47-44-22-30-18-31(23-44)20-32(19-30)24-44/h8-15,30-33,36-39,41,49H,4-7,16-27H2,1-3H3,(H,46,50)(H2,45,47,51). The minimum absolute atomic E-state index is 0.000825. The lowest BCUT2D eigenvalue weighted by Crippen LogP contribution is -2.61. The van der Waals surface area contributed by atoms with Crippen molar-refractivity contribution in [3.63, 3.8) is 0 Å². The van der Waals surface area contributed by atoms with Gasteiger partial charge in [-0.05, 0) is 125 Å². The lowest BCUT2D eigenvalue weighted by molar-refractivity contribution is -0.255. The van der Waals surface area contributed by atoms with Crippen molar-refractivity contribution in [3.05, 3.63) is 70.8 Å². The molecule has 9 nitrogen and oxygen atoms in total. The number of hydrogen-bond acceptors (Lipinski definition) is 6. The van der Waals surface area contributed by atoms with E-state index in [9.17, 15) is 14.7 Å². The zero-order chi connectivity index (χ0) is 36.7. The number of rotatable bonds is 9. The van der Waals surface area contributed by atoms with E-state index in [1.165, 1.54) is 38.5 Å². The number of aliphatic hydroxyl groups is 1. The van der Waals surface area contributed by atoms with Crippen LogP contribution in [0.25, 0.3) is 0 Å². The van der Waals surface area contributed by atoms with Crippen LogP contribution in [-0.4, -0.2) is 57.8 Å². The summed E-state index contributed by atoms with van der Waals surface area (Å²) in [5, 5.41) is 19.5. The molecular weight excluding hydrogens is 665 g/mol. The molecule has 5 saturated carbocycles. The summed E-state index contributed by atoms with van der Waals surface area (Å²) in [4.78, 5) is 29.4. The van der Waals surface area contributed by atoms with Gasteiger partial charge in [0.15, 0.2) is 6.29 Å². The maximum Gasteiger partial charge on any atom is 0.315 e. The average molecular weight is 727 g/mol. The van der Waals surface area contributed by atoms with Crippen molar-refractivity contribution in [1.82, 2.24) is 20.9 Å². The fourth-order valence-corrected chi connectivity index (χ4v) is 11.5. The Bertz CT molecular complexity index is 1550. The zero-order valence-electron chi connectivity index (χ0n) is 32.2. The Morgan fingerprint density at radius 3 is 2.11 bits per heavy atom. The SMILES string of the molecule is CC(C)(C)NC(=O)C1CCC2CCCCC2N1CC1CC(c2ccc(CO)cc2)OC(c2ccc(CNC(=O)NC34CC5CC(CC(C5)C3)C4)cc2)O1. The molecule has 7 fully saturated rings. The maximum absolute atomic E-state index is 13.8. The third kappa shape index (κ3) is 8.48. The molecule has 2 aromatic rings. The van der Waals surface area contributed by atoms with Crippen LogP contribution in [-0.2, 0) is 27.4 Å². The molecular formula is C44H62N4O5. The number of likely N-dealkylation sites (tertiary alicyclic amines) is 1. The number of aliphatic hydroxyl groups excluding tert-OH is 1. The monoisotopic (exact) mass is 726 g/mol. The summed E-state index contributed by atoms with van der Waals surface area (Å²) in [5.74, 6) is 3.11. The van der Waals surface area contributed by atoms with Crippen LogP contribution in [0.15, 0.2) is 48.5 Å². The first-order chi connectivity index (χ1) is 25.5. The quantitative estimate of drug-likeness (QED) is 0.214. The van der Waals surface area contributed by atoms with Crippen LogP contribution in [0.3, 0.4) is 0 Å². The van der Waals surface area contributed by atoms with E-state index in [-0.39, 0.29) is 47.9 Å². The van der Waals surface area contributed by atoms with Gasteiger partial charge in [0.05, 0.1) is 24.9 Å². The first-order valence-corrected chi connectivity index (χ1v) is 20.7. The molecule has 9 rings (SSSR count). The van der Waals surface area contributed by atoms with E-state index < -0.39 is 6.29 Å². The molecule has 2 aromatic carbocycles. The van der Waals surface area contributed by atoms with E-state index >= 15 is 0 Å². The molecule has 2 aliphatic heterocycles. The minimum Gasteiger partial charge on any atom is -0.392 e. The van der Waals surface area contributed by atoms with E-state index in [1.807, 2.05) is 12.1 Å². The van der Waals surface area contributed by atoms with Gasteiger partial charge >= 0.3 is 6.03 Å². The van der Waals surface area contributed by atoms with Gasteiger partial charge in [-0.25, -0.2) is 4.79 Å². The molecule has 4 bridgehead atoms. The number of carbonyl (C=O) groups is 2. The summed E-state index contributed by atoms with van der Waals surface area (Å²) in [6.07, 6.45) is 14.1. The first kappa shape index (κ1) is 37.0. The highest BCUT2D eigenvalue weighted by atomic mass is 16.7. The van der Waals surface area contributed by atoms with Crippen LogP contribution < -0.4 is 16.0 Å². The van der Waals surface area contributed by atoms with Crippen LogP contribution in [0.1, 0.15) is 139 Å². The van der Waals surface area contributed by atoms with Gasteiger partial charge in [-0.15, -0.1) is 0 Å². The van der Waals surface area contributed by atoms with Crippen molar-refractivity contribution in [2.45, 2.75) is 159 Å². The molecule has 4 N–H and O–H groups in total. The molecule has 5 aliphatic carbocycles. The third-order valence-electron chi connectivity index (χ3n) is 13.5. The predicted octanol–water partition coefficient (Wildman–Crippen LogP) is 7.43. The fraction of sp³-hybridized carbons (Fsp3) is 0.682. The molecule has 0 spiro atoms. The van der Waals surface area contributed by atoms with Gasteiger partial charge in [-0.2, -0.15) is 0 Å². The fourth-order valence-electron chi connectivity index (χ4n) is 11.5. The summed E-state index contributed by atoms with van der Waals surface area (Å²) >= 11 is 0. The molecule has 9 heteroatoms. The Morgan fingerprint density at radius 1 is 0.811 bits per heavy atom. The van der Waals surface area contributed by atoms with Crippen molar-refractivity contribution in [2.24, 2.45) is 23.7 Å². The maximum atomic E-state index is 13.8. The highest BCUT2D eigenvalue weighted by molar-refractivity contribution is 5.82. The second kappa shape index (κ2) is 15.3. The summed E-state index contributed by atoms with van der Waals surface area (Å²) < 4.78 is 13.5. The Morgan fingerprint density at radius 2 is 1.45 bits per heavy atom. The smallest absolute Gasteiger partial charge is 0.315 e. The molecule has 2 saturated heterocycles. The van der Waals surface area contributed by atoms with Crippen LogP contribution in [0, 0.1) is 23.7 Å². The Labute approximate surface area is 316 Å². The number of fused-ring (bicyclic) bond motifs is 1. The van der Waals surface area contributed by atoms with Gasteiger partial charge in [0.1, 0.15) is 0 Å². The first-order valence-electron chi connectivity index (χ1n) is 20.7. The highest BCUT2D eigenvalue weighted by Gasteiger charge is 2.51. The van der Waals surface area contributed by atoms with Crippen LogP contribution in [0.5, 0.6) is 0 Å². The summed E-state index contributed by atoms with van der Waals surface area (Å²) in [6.45, 7) is 7.30. The van der Waals surface area contributed by atoms with Gasteiger partial charge in [0.25, 0.3) is 0 Å². The molecule has 7 aliphatic rings. The van der Waals surface area contributed by atoms with Crippen molar-refractivity contribution >= 4 is 11.9 Å². The van der Waals surface area contributed by atoms with E-state index in [1.54, 1.807) is 0 Å². The Balaban J connectivity index is 0.964. The lowest BCUT2D eigenvalue weighted by atomic mass is 9.53. The average Bonchev–Trinajstić information content (AvgIpc) is 3.13. The number of carbonyl (C=O) groups excluding carboxylic acids is 2.